The number of halogens is 1. The maximum Gasteiger partial charge on any atom is 0.272 e. The lowest BCUT2D eigenvalue weighted by molar-refractivity contribution is 0.0691. The van der Waals surface area contributed by atoms with E-state index in [0.29, 0.717) is 28.0 Å². The van der Waals surface area contributed by atoms with E-state index in [4.69, 9.17) is 16.0 Å². The highest BCUT2D eigenvalue weighted by Crippen LogP contribution is 2.29. The van der Waals surface area contributed by atoms with Crippen molar-refractivity contribution < 1.29 is 9.21 Å². The molecular weight excluding hydrogens is 362 g/mol. The van der Waals surface area contributed by atoms with Gasteiger partial charge in [0.15, 0.2) is 0 Å². The van der Waals surface area contributed by atoms with Gasteiger partial charge in [-0.3, -0.25) is 4.79 Å². The third kappa shape index (κ3) is 3.65. The van der Waals surface area contributed by atoms with Crippen molar-refractivity contribution in [1.29, 1.82) is 0 Å². The van der Waals surface area contributed by atoms with Crippen molar-refractivity contribution in [3.63, 3.8) is 0 Å². The number of likely N-dealkylation sites (tertiary alicyclic amines) is 1. The Morgan fingerprint density at radius 2 is 2.04 bits per heavy atom. The van der Waals surface area contributed by atoms with Crippen molar-refractivity contribution in [1.82, 2.24) is 9.88 Å². The van der Waals surface area contributed by atoms with E-state index in [1.54, 1.807) is 12.3 Å². The molecule has 140 valence electrons. The molecule has 0 radical (unpaired) electrons. The fraction of sp³-hybridized carbons (Fsp3) is 0.333. The molecule has 1 aliphatic rings. The van der Waals surface area contributed by atoms with Crippen LogP contribution in [-0.2, 0) is 0 Å². The van der Waals surface area contributed by atoms with Crippen LogP contribution in [0.4, 0.5) is 11.5 Å². The number of piperidine rings is 1. The van der Waals surface area contributed by atoms with E-state index in [1.165, 1.54) is 0 Å². The number of anilines is 2. The van der Waals surface area contributed by atoms with Gasteiger partial charge in [-0.05, 0) is 49.4 Å². The van der Waals surface area contributed by atoms with Gasteiger partial charge in [-0.1, -0.05) is 24.6 Å². The number of fused-ring (bicyclic) bond motifs is 1. The topological polar surface area (TPSA) is 58.4 Å². The first-order chi connectivity index (χ1) is 13.0. The Morgan fingerprint density at radius 1 is 1.26 bits per heavy atom. The highest BCUT2D eigenvalue weighted by atomic mass is 35.5. The molecular formula is C21H22ClN3O2. The molecule has 1 N–H and O–H groups in total. The van der Waals surface area contributed by atoms with E-state index >= 15 is 0 Å². The Kier molecular flexibility index (Phi) is 4.79. The number of aromatic nitrogens is 1. The summed E-state index contributed by atoms with van der Waals surface area (Å²) >= 11 is 6.23. The molecule has 1 amide bonds. The molecule has 0 aliphatic carbocycles. The smallest absolute Gasteiger partial charge is 0.272 e. The summed E-state index contributed by atoms with van der Waals surface area (Å²) in [6.07, 6.45) is 3.67. The summed E-state index contributed by atoms with van der Waals surface area (Å²) in [7, 11) is 0. The van der Waals surface area contributed by atoms with Gasteiger partial charge < -0.3 is 14.6 Å². The summed E-state index contributed by atoms with van der Waals surface area (Å²) in [6, 6.07) is 9.31. The second-order valence-corrected chi connectivity index (χ2v) is 7.66. The first-order valence-electron chi connectivity index (χ1n) is 9.22. The van der Waals surface area contributed by atoms with Gasteiger partial charge >= 0.3 is 0 Å². The number of nitrogens with zero attached hydrogens (tertiary/aromatic N) is 2. The van der Waals surface area contributed by atoms with Crippen molar-refractivity contribution in [2.24, 2.45) is 5.92 Å². The SMILES string of the molecule is Cc1ccc(Nc2nc(C(=O)N3CCC(C)CC3)cc3occc23)cc1Cl. The Morgan fingerprint density at radius 3 is 2.78 bits per heavy atom. The molecule has 0 spiro atoms. The zero-order valence-corrected chi connectivity index (χ0v) is 16.2. The Hall–Kier alpha value is -2.53. The van der Waals surface area contributed by atoms with Gasteiger partial charge in [0.1, 0.15) is 17.1 Å². The molecule has 2 aromatic heterocycles. The van der Waals surface area contributed by atoms with Gasteiger partial charge in [0.25, 0.3) is 5.91 Å². The molecule has 0 saturated carbocycles. The van der Waals surface area contributed by atoms with E-state index in [9.17, 15) is 4.79 Å². The predicted octanol–water partition coefficient (Wildman–Crippen LogP) is 5.41. The lowest BCUT2D eigenvalue weighted by Gasteiger charge is -2.30. The third-order valence-electron chi connectivity index (χ3n) is 5.17. The molecule has 1 saturated heterocycles. The number of benzene rings is 1. The Labute approximate surface area is 163 Å². The number of carbonyl (C=O) groups excluding carboxylic acids is 1. The van der Waals surface area contributed by atoms with Crippen LogP contribution in [-0.4, -0.2) is 28.9 Å². The average Bonchev–Trinajstić information content (AvgIpc) is 3.14. The van der Waals surface area contributed by atoms with Crippen LogP contribution in [0, 0.1) is 12.8 Å². The molecule has 3 aromatic rings. The highest BCUT2D eigenvalue weighted by Gasteiger charge is 2.24. The molecule has 5 nitrogen and oxygen atoms in total. The van der Waals surface area contributed by atoms with Crippen LogP contribution in [0.1, 0.15) is 35.8 Å². The van der Waals surface area contributed by atoms with Crippen LogP contribution in [0.5, 0.6) is 0 Å². The Balaban J connectivity index is 1.67. The maximum absolute atomic E-state index is 12.9. The van der Waals surface area contributed by atoms with Crippen LogP contribution in [0.15, 0.2) is 41.0 Å². The summed E-state index contributed by atoms with van der Waals surface area (Å²) < 4.78 is 5.56. The van der Waals surface area contributed by atoms with E-state index in [1.807, 2.05) is 36.1 Å². The lowest BCUT2D eigenvalue weighted by Crippen LogP contribution is -2.38. The number of carbonyl (C=O) groups is 1. The number of hydrogen-bond donors (Lipinski definition) is 1. The van der Waals surface area contributed by atoms with Crippen molar-refractivity contribution in [3.05, 3.63) is 52.9 Å². The van der Waals surface area contributed by atoms with Gasteiger partial charge in [0.2, 0.25) is 0 Å². The molecule has 1 aliphatic heterocycles. The van der Waals surface area contributed by atoms with Gasteiger partial charge in [0.05, 0.1) is 11.6 Å². The fourth-order valence-electron chi connectivity index (χ4n) is 3.35. The van der Waals surface area contributed by atoms with Gasteiger partial charge in [-0.15, -0.1) is 0 Å². The van der Waals surface area contributed by atoms with Crippen molar-refractivity contribution in [2.75, 3.05) is 18.4 Å². The molecule has 4 rings (SSSR count). The quantitative estimate of drug-likeness (QED) is 0.657. The molecule has 3 heterocycles. The minimum Gasteiger partial charge on any atom is -0.464 e. The number of pyridine rings is 1. The van der Waals surface area contributed by atoms with Gasteiger partial charge in [0, 0.05) is 29.9 Å². The predicted molar refractivity (Wildman–Crippen MR) is 108 cm³/mol. The van der Waals surface area contributed by atoms with E-state index < -0.39 is 0 Å². The van der Waals surface area contributed by atoms with Gasteiger partial charge in [-0.25, -0.2) is 4.98 Å². The van der Waals surface area contributed by atoms with Crippen LogP contribution in [0.3, 0.4) is 0 Å². The molecule has 27 heavy (non-hydrogen) atoms. The van der Waals surface area contributed by atoms with Crippen LogP contribution in [0.25, 0.3) is 11.0 Å². The van der Waals surface area contributed by atoms with Crippen molar-refractivity contribution in [3.8, 4) is 0 Å². The third-order valence-corrected chi connectivity index (χ3v) is 5.58. The van der Waals surface area contributed by atoms with E-state index in [0.717, 1.165) is 42.6 Å². The van der Waals surface area contributed by atoms with Gasteiger partial charge in [-0.2, -0.15) is 0 Å². The molecule has 1 aromatic carbocycles. The summed E-state index contributed by atoms with van der Waals surface area (Å²) in [5.74, 6) is 1.21. The number of rotatable bonds is 3. The fourth-order valence-corrected chi connectivity index (χ4v) is 3.53. The number of furan rings is 1. The van der Waals surface area contributed by atoms with Crippen LogP contribution < -0.4 is 5.32 Å². The van der Waals surface area contributed by atoms with Crippen LogP contribution in [0.2, 0.25) is 5.02 Å². The minimum atomic E-state index is -0.0508. The van der Waals surface area contributed by atoms with E-state index in [2.05, 4.69) is 17.2 Å². The minimum absolute atomic E-state index is 0.0508. The summed E-state index contributed by atoms with van der Waals surface area (Å²) in [4.78, 5) is 19.4. The second kappa shape index (κ2) is 7.24. The molecule has 0 bridgehead atoms. The summed E-state index contributed by atoms with van der Waals surface area (Å²) in [5.41, 5.74) is 2.86. The molecule has 1 fully saturated rings. The van der Waals surface area contributed by atoms with Crippen molar-refractivity contribution in [2.45, 2.75) is 26.7 Å². The molecule has 0 unspecified atom stereocenters. The maximum atomic E-state index is 12.9. The zero-order chi connectivity index (χ0) is 19.0. The van der Waals surface area contributed by atoms with Crippen molar-refractivity contribution >= 4 is 40.0 Å². The zero-order valence-electron chi connectivity index (χ0n) is 15.5. The second-order valence-electron chi connectivity index (χ2n) is 7.25. The molecule has 6 heteroatoms. The average molecular weight is 384 g/mol. The largest absolute Gasteiger partial charge is 0.464 e. The number of nitrogens with one attached hydrogen (secondary N) is 1. The summed E-state index contributed by atoms with van der Waals surface area (Å²) in [6.45, 7) is 5.73. The van der Waals surface area contributed by atoms with Crippen LogP contribution >= 0.6 is 11.6 Å². The normalized spacial score (nSPS) is 15.3. The number of aryl methyl sites for hydroxylation is 1. The lowest BCUT2D eigenvalue weighted by atomic mass is 9.99. The highest BCUT2D eigenvalue weighted by molar-refractivity contribution is 6.31. The first kappa shape index (κ1) is 17.9. The monoisotopic (exact) mass is 383 g/mol. The Bertz CT molecular complexity index is 990. The molecule has 0 atom stereocenters. The number of hydrogen-bond acceptors (Lipinski definition) is 4. The first-order valence-corrected chi connectivity index (χ1v) is 9.60. The van der Waals surface area contributed by atoms with E-state index in [-0.39, 0.29) is 5.91 Å². The standard InChI is InChI=1S/C21H22ClN3O2/c1-13-5-8-25(9-6-13)21(26)18-12-19-16(7-10-27-19)20(24-18)23-15-4-3-14(2)17(22)11-15/h3-4,7,10-13H,5-6,8-9H2,1-2H3,(H,23,24). The number of amides is 1. The summed E-state index contributed by atoms with van der Waals surface area (Å²) in [5, 5.41) is 4.79.